The van der Waals surface area contributed by atoms with Crippen LogP contribution in [0.15, 0.2) is 30.3 Å². The quantitative estimate of drug-likeness (QED) is 0.780. The molecule has 0 aliphatic rings. The van der Waals surface area contributed by atoms with Crippen molar-refractivity contribution in [1.82, 2.24) is 4.98 Å². The number of hydrogen-bond donors (Lipinski definition) is 0. The van der Waals surface area contributed by atoms with Gasteiger partial charge < -0.3 is 14.4 Å². The number of ether oxygens (including phenoxy) is 2. The number of aromatic nitrogens is 1. The molecule has 0 saturated carbocycles. The van der Waals surface area contributed by atoms with Crippen molar-refractivity contribution in [1.29, 1.82) is 5.26 Å². The summed E-state index contributed by atoms with van der Waals surface area (Å²) < 4.78 is 10.3. The molecule has 110 valence electrons. The summed E-state index contributed by atoms with van der Waals surface area (Å²) in [6, 6.07) is 11.9. The van der Waals surface area contributed by atoms with E-state index < -0.39 is 0 Å². The molecular weight excluding hydrogens is 266 g/mol. The first-order valence-corrected chi connectivity index (χ1v) is 6.83. The number of hydrogen-bond acceptors (Lipinski definition) is 5. The lowest BCUT2D eigenvalue weighted by atomic mass is 10.1. The van der Waals surface area contributed by atoms with Crippen molar-refractivity contribution < 1.29 is 9.47 Å². The monoisotopic (exact) mass is 285 g/mol. The summed E-state index contributed by atoms with van der Waals surface area (Å²) in [7, 11) is 3.32. The second-order valence-corrected chi connectivity index (χ2v) is 4.64. The molecule has 0 unspecified atom stereocenters. The molecule has 0 saturated heterocycles. The first kappa shape index (κ1) is 15.2. The fraction of sp³-hybridized carbons (Fsp3) is 0.375. The summed E-state index contributed by atoms with van der Waals surface area (Å²) in [6.45, 7) is 2.48. The van der Waals surface area contributed by atoms with E-state index in [1.165, 1.54) is 0 Å². The van der Waals surface area contributed by atoms with Crippen LogP contribution in [0.4, 0.5) is 5.82 Å². The first-order valence-electron chi connectivity index (χ1n) is 6.83. The molecular formula is C16H19N3O2. The van der Waals surface area contributed by atoms with Crippen LogP contribution in [0.25, 0.3) is 10.9 Å². The number of anilines is 1. The van der Waals surface area contributed by atoms with Gasteiger partial charge in [0.1, 0.15) is 11.9 Å². The molecule has 2 aromatic rings. The molecule has 5 heteroatoms. The van der Waals surface area contributed by atoms with Crippen molar-refractivity contribution in [3.8, 4) is 6.07 Å². The van der Waals surface area contributed by atoms with Crippen LogP contribution in [-0.2, 0) is 9.47 Å². The van der Waals surface area contributed by atoms with Gasteiger partial charge in [0, 0.05) is 32.7 Å². The smallest absolute Gasteiger partial charge is 0.147 e. The average molecular weight is 285 g/mol. The van der Waals surface area contributed by atoms with Gasteiger partial charge in [-0.1, -0.05) is 18.2 Å². The van der Waals surface area contributed by atoms with Crippen LogP contribution < -0.4 is 4.90 Å². The Hall–Kier alpha value is -2.16. The van der Waals surface area contributed by atoms with E-state index in [9.17, 15) is 5.26 Å². The summed E-state index contributed by atoms with van der Waals surface area (Å²) in [6.07, 6.45) is 0. The van der Waals surface area contributed by atoms with Crippen LogP contribution in [0.2, 0.25) is 0 Å². The Balaban J connectivity index is 2.41. The first-order chi connectivity index (χ1) is 10.3. The third-order valence-corrected chi connectivity index (χ3v) is 3.25. The van der Waals surface area contributed by atoms with E-state index in [2.05, 4.69) is 11.1 Å². The topological polar surface area (TPSA) is 58.4 Å². The minimum atomic E-state index is 0.570. The predicted octanol–water partition coefficient (Wildman–Crippen LogP) is 2.21. The van der Waals surface area contributed by atoms with E-state index in [4.69, 9.17) is 9.47 Å². The number of nitriles is 1. The molecule has 5 nitrogen and oxygen atoms in total. The molecule has 1 aromatic carbocycles. The van der Waals surface area contributed by atoms with Crippen LogP contribution in [-0.4, -0.2) is 45.5 Å². The predicted molar refractivity (Wildman–Crippen MR) is 82.4 cm³/mol. The zero-order valence-electron chi connectivity index (χ0n) is 12.4. The molecule has 0 N–H and O–H groups in total. The Morgan fingerprint density at radius 1 is 1.14 bits per heavy atom. The zero-order valence-corrected chi connectivity index (χ0v) is 12.4. The molecule has 0 atom stereocenters. The molecule has 0 fully saturated rings. The Morgan fingerprint density at radius 2 is 1.81 bits per heavy atom. The molecule has 2 rings (SSSR count). The minimum Gasteiger partial charge on any atom is -0.383 e. The maximum absolute atomic E-state index is 9.40. The van der Waals surface area contributed by atoms with Crippen LogP contribution in [0.3, 0.4) is 0 Å². The maximum Gasteiger partial charge on any atom is 0.147 e. The van der Waals surface area contributed by atoms with Gasteiger partial charge in [-0.25, -0.2) is 4.98 Å². The van der Waals surface area contributed by atoms with Crippen molar-refractivity contribution in [2.45, 2.75) is 0 Å². The number of nitrogens with zero attached hydrogens (tertiary/aromatic N) is 3. The van der Waals surface area contributed by atoms with Crippen molar-refractivity contribution in [3.63, 3.8) is 0 Å². The highest BCUT2D eigenvalue weighted by Gasteiger charge is 2.14. The van der Waals surface area contributed by atoms with Gasteiger partial charge in [0.15, 0.2) is 0 Å². The van der Waals surface area contributed by atoms with Gasteiger partial charge in [-0.2, -0.15) is 5.26 Å². The average Bonchev–Trinajstić information content (AvgIpc) is 2.54. The highest BCUT2D eigenvalue weighted by atomic mass is 16.5. The number of benzene rings is 1. The van der Waals surface area contributed by atoms with Gasteiger partial charge in [0.25, 0.3) is 0 Å². The molecule has 0 aliphatic heterocycles. The summed E-state index contributed by atoms with van der Waals surface area (Å²) in [5.74, 6) is 0.685. The molecule has 21 heavy (non-hydrogen) atoms. The normalized spacial score (nSPS) is 10.5. The van der Waals surface area contributed by atoms with E-state index in [1.54, 1.807) is 14.2 Å². The van der Waals surface area contributed by atoms with Gasteiger partial charge in [-0.15, -0.1) is 0 Å². The largest absolute Gasteiger partial charge is 0.383 e. The van der Waals surface area contributed by atoms with Gasteiger partial charge >= 0.3 is 0 Å². The Bertz CT molecular complexity index is 629. The summed E-state index contributed by atoms with van der Waals surface area (Å²) >= 11 is 0. The van der Waals surface area contributed by atoms with Gasteiger partial charge in [0.05, 0.1) is 24.3 Å². The number of methoxy groups -OCH3 is 2. The highest BCUT2D eigenvalue weighted by Crippen LogP contribution is 2.22. The fourth-order valence-corrected chi connectivity index (χ4v) is 2.16. The third kappa shape index (κ3) is 3.69. The maximum atomic E-state index is 9.40. The summed E-state index contributed by atoms with van der Waals surface area (Å²) in [5.41, 5.74) is 1.45. The lowest BCUT2D eigenvalue weighted by molar-refractivity contribution is 0.190. The second kappa shape index (κ2) is 7.58. The van der Waals surface area contributed by atoms with Crippen molar-refractivity contribution >= 4 is 16.7 Å². The van der Waals surface area contributed by atoms with Gasteiger partial charge in [0.2, 0.25) is 0 Å². The van der Waals surface area contributed by atoms with E-state index in [-0.39, 0.29) is 0 Å². The number of para-hydroxylation sites is 1. The third-order valence-electron chi connectivity index (χ3n) is 3.25. The van der Waals surface area contributed by atoms with E-state index in [1.807, 2.05) is 35.2 Å². The van der Waals surface area contributed by atoms with Crippen LogP contribution in [0.5, 0.6) is 0 Å². The van der Waals surface area contributed by atoms with Crippen LogP contribution >= 0.6 is 0 Å². The van der Waals surface area contributed by atoms with Crippen molar-refractivity contribution in [2.24, 2.45) is 0 Å². The standard InChI is InChI=1S/C16H19N3O2/c1-20-9-7-19(8-10-21-2)16-14(12-17)11-13-5-3-4-6-15(13)18-16/h3-6,11H,7-10H2,1-2H3. The molecule has 0 radical (unpaired) electrons. The minimum absolute atomic E-state index is 0.570. The molecule has 0 aliphatic carbocycles. The molecule has 0 amide bonds. The molecule has 1 heterocycles. The highest BCUT2D eigenvalue weighted by molar-refractivity contribution is 5.83. The zero-order chi connectivity index (χ0) is 15.1. The van der Waals surface area contributed by atoms with Crippen molar-refractivity contribution in [3.05, 3.63) is 35.9 Å². The molecule has 0 spiro atoms. The number of rotatable bonds is 7. The molecule has 1 aromatic heterocycles. The van der Waals surface area contributed by atoms with Gasteiger partial charge in [-0.3, -0.25) is 0 Å². The van der Waals surface area contributed by atoms with E-state index in [0.29, 0.717) is 37.7 Å². The Labute approximate surface area is 124 Å². The number of fused-ring (bicyclic) bond motifs is 1. The van der Waals surface area contributed by atoms with Crippen LogP contribution in [0.1, 0.15) is 5.56 Å². The van der Waals surface area contributed by atoms with E-state index >= 15 is 0 Å². The molecule has 0 bridgehead atoms. The van der Waals surface area contributed by atoms with Crippen molar-refractivity contribution in [2.75, 3.05) is 45.4 Å². The Morgan fingerprint density at radius 3 is 2.43 bits per heavy atom. The van der Waals surface area contributed by atoms with Crippen LogP contribution in [0, 0.1) is 11.3 Å². The lowest BCUT2D eigenvalue weighted by Gasteiger charge is -2.24. The lowest BCUT2D eigenvalue weighted by Crippen LogP contribution is -2.32. The fourth-order valence-electron chi connectivity index (χ4n) is 2.16. The second-order valence-electron chi connectivity index (χ2n) is 4.64. The Kier molecular flexibility index (Phi) is 5.50. The summed E-state index contributed by atoms with van der Waals surface area (Å²) in [4.78, 5) is 6.67. The SMILES string of the molecule is COCCN(CCOC)c1nc2ccccc2cc1C#N. The van der Waals surface area contributed by atoms with Gasteiger partial charge in [-0.05, 0) is 12.1 Å². The van der Waals surface area contributed by atoms with E-state index in [0.717, 1.165) is 10.9 Å². The summed E-state index contributed by atoms with van der Waals surface area (Å²) in [5, 5.41) is 10.4. The number of pyridine rings is 1.